The van der Waals surface area contributed by atoms with Crippen LogP contribution in [0, 0.1) is 0 Å². The molecule has 1 amide bonds. The molecule has 0 atom stereocenters. The molecule has 28 heavy (non-hydrogen) atoms. The van der Waals surface area contributed by atoms with Crippen molar-refractivity contribution in [1.29, 1.82) is 0 Å². The fourth-order valence-corrected chi connectivity index (χ4v) is 4.52. The van der Waals surface area contributed by atoms with Gasteiger partial charge in [0, 0.05) is 17.8 Å². The lowest BCUT2D eigenvalue weighted by atomic mass is 10.2. The first kappa shape index (κ1) is 19.9. The Bertz CT molecular complexity index is 1010. The zero-order valence-corrected chi connectivity index (χ0v) is 16.8. The minimum absolute atomic E-state index is 0.235. The highest BCUT2D eigenvalue weighted by Crippen LogP contribution is 2.20. The van der Waals surface area contributed by atoms with E-state index >= 15 is 0 Å². The molecule has 8 heteroatoms. The highest BCUT2D eigenvalue weighted by Gasteiger charge is 2.15. The van der Waals surface area contributed by atoms with E-state index in [9.17, 15) is 13.2 Å². The molecule has 0 radical (unpaired) electrons. The molecule has 0 aliphatic heterocycles. The van der Waals surface area contributed by atoms with Gasteiger partial charge in [0.1, 0.15) is 9.96 Å². The normalized spacial score (nSPS) is 11.0. The molecular weight excluding hydrogens is 396 g/mol. The van der Waals surface area contributed by atoms with Gasteiger partial charge in [0.05, 0.1) is 6.61 Å². The van der Waals surface area contributed by atoms with Gasteiger partial charge in [-0.05, 0) is 60.3 Å². The lowest BCUT2D eigenvalue weighted by Gasteiger charge is -2.09. The van der Waals surface area contributed by atoms with Crippen molar-refractivity contribution >= 4 is 33.0 Å². The van der Waals surface area contributed by atoms with Crippen molar-refractivity contribution in [2.24, 2.45) is 0 Å². The van der Waals surface area contributed by atoms with Crippen molar-refractivity contribution in [3.8, 4) is 5.75 Å². The quantitative estimate of drug-likeness (QED) is 0.584. The molecule has 0 aliphatic carbocycles. The number of hydrogen-bond acceptors (Lipinski definition) is 5. The molecule has 0 saturated heterocycles. The minimum atomic E-state index is -3.60. The molecular formula is C20H20N2O4S2. The van der Waals surface area contributed by atoms with Crippen LogP contribution < -0.4 is 14.8 Å². The highest BCUT2D eigenvalue weighted by atomic mass is 32.2. The topological polar surface area (TPSA) is 84.5 Å². The van der Waals surface area contributed by atoms with E-state index < -0.39 is 10.0 Å². The Balaban J connectivity index is 1.57. The summed E-state index contributed by atoms with van der Waals surface area (Å²) in [6.45, 7) is 2.92. The Morgan fingerprint density at radius 1 is 1.04 bits per heavy atom. The lowest BCUT2D eigenvalue weighted by Crippen LogP contribution is -2.22. The first-order valence-corrected chi connectivity index (χ1v) is 11.0. The highest BCUT2D eigenvalue weighted by molar-refractivity contribution is 7.94. The zero-order valence-electron chi connectivity index (χ0n) is 15.2. The molecule has 2 N–H and O–H groups in total. The molecule has 0 unspecified atom stereocenters. The molecule has 0 fully saturated rings. The van der Waals surface area contributed by atoms with Crippen LogP contribution >= 0.6 is 11.3 Å². The molecule has 2 aromatic carbocycles. The number of ether oxygens (including phenoxy) is 1. The third-order valence-electron chi connectivity index (χ3n) is 3.85. The summed E-state index contributed by atoms with van der Waals surface area (Å²) in [5, 5.41) is 4.54. The maximum atomic E-state index is 12.3. The van der Waals surface area contributed by atoms with Crippen LogP contribution in [0.4, 0.5) is 5.69 Å². The molecule has 1 heterocycles. The van der Waals surface area contributed by atoms with Crippen LogP contribution in [-0.2, 0) is 16.6 Å². The van der Waals surface area contributed by atoms with E-state index in [-0.39, 0.29) is 10.1 Å². The summed E-state index contributed by atoms with van der Waals surface area (Å²) < 4.78 is 32.6. The monoisotopic (exact) mass is 416 g/mol. The van der Waals surface area contributed by atoms with Crippen molar-refractivity contribution in [3.63, 3.8) is 0 Å². The predicted octanol–water partition coefficient (Wildman–Crippen LogP) is 3.88. The van der Waals surface area contributed by atoms with E-state index in [1.165, 1.54) is 6.07 Å². The van der Waals surface area contributed by atoms with Gasteiger partial charge in [-0.3, -0.25) is 9.52 Å². The van der Waals surface area contributed by atoms with Crippen LogP contribution in [0.2, 0.25) is 0 Å². The Morgan fingerprint density at radius 2 is 1.75 bits per heavy atom. The number of sulfonamides is 1. The maximum Gasteiger partial charge on any atom is 0.271 e. The average molecular weight is 417 g/mol. The number of benzene rings is 2. The predicted molar refractivity (Wildman–Crippen MR) is 110 cm³/mol. The Labute approximate surface area is 168 Å². The molecule has 0 spiro atoms. The first-order chi connectivity index (χ1) is 13.5. The smallest absolute Gasteiger partial charge is 0.271 e. The average Bonchev–Trinajstić information content (AvgIpc) is 3.24. The second kappa shape index (κ2) is 8.90. The van der Waals surface area contributed by atoms with Gasteiger partial charge in [0.2, 0.25) is 0 Å². The van der Waals surface area contributed by atoms with E-state index in [0.717, 1.165) is 22.6 Å². The Morgan fingerprint density at radius 3 is 2.36 bits per heavy atom. The third kappa shape index (κ3) is 5.11. The standard InChI is InChI=1S/C20H20N2O4S2/c1-2-26-18-11-5-15(6-12-18)14-21-20(23)16-7-9-17(10-8-16)22-28(24,25)19-4-3-13-27-19/h3-13,22H,2,14H2,1H3,(H,21,23). The Kier molecular flexibility index (Phi) is 6.33. The minimum Gasteiger partial charge on any atom is -0.494 e. The molecule has 146 valence electrons. The van der Waals surface area contributed by atoms with Gasteiger partial charge in [-0.15, -0.1) is 11.3 Å². The fraction of sp³-hybridized carbons (Fsp3) is 0.150. The van der Waals surface area contributed by atoms with Gasteiger partial charge in [0.25, 0.3) is 15.9 Å². The van der Waals surface area contributed by atoms with Gasteiger partial charge >= 0.3 is 0 Å². The summed E-state index contributed by atoms with van der Waals surface area (Å²) in [6.07, 6.45) is 0. The fourth-order valence-electron chi connectivity index (χ4n) is 2.47. The number of amides is 1. The van der Waals surface area contributed by atoms with Gasteiger partial charge in [0.15, 0.2) is 0 Å². The largest absolute Gasteiger partial charge is 0.494 e. The number of anilines is 1. The van der Waals surface area contributed by atoms with Crippen LogP contribution in [-0.4, -0.2) is 20.9 Å². The van der Waals surface area contributed by atoms with Crippen LogP contribution in [0.1, 0.15) is 22.8 Å². The zero-order chi connectivity index (χ0) is 20.0. The van der Waals surface area contributed by atoms with Crippen LogP contribution in [0.5, 0.6) is 5.75 Å². The first-order valence-electron chi connectivity index (χ1n) is 8.64. The molecule has 1 aromatic heterocycles. The van der Waals surface area contributed by atoms with Gasteiger partial charge < -0.3 is 10.1 Å². The van der Waals surface area contributed by atoms with E-state index in [0.29, 0.717) is 24.4 Å². The summed E-state index contributed by atoms with van der Waals surface area (Å²) >= 11 is 1.14. The van der Waals surface area contributed by atoms with Crippen molar-refractivity contribution in [2.45, 2.75) is 17.7 Å². The van der Waals surface area contributed by atoms with Gasteiger partial charge in [-0.25, -0.2) is 8.42 Å². The SMILES string of the molecule is CCOc1ccc(CNC(=O)c2ccc(NS(=O)(=O)c3cccs3)cc2)cc1. The van der Waals surface area contributed by atoms with E-state index in [4.69, 9.17) is 4.74 Å². The molecule has 0 aliphatic rings. The number of nitrogens with one attached hydrogen (secondary N) is 2. The molecule has 3 rings (SSSR count). The number of carbonyl (C=O) groups excluding carboxylic acids is 1. The Hall–Kier alpha value is -2.84. The van der Waals surface area contributed by atoms with Crippen LogP contribution in [0.25, 0.3) is 0 Å². The molecule has 0 bridgehead atoms. The van der Waals surface area contributed by atoms with Crippen LogP contribution in [0.3, 0.4) is 0 Å². The number of hydrogen-bond donors (Lipinski definition) is 2. The third-order valence-corrected chi connectivity index (χ3v) is 6.63. The number of thiophene rings is 1. The van der Waals surface area contributed by atoms with Crippen molar-refractivity contribution in [1.82, 2.24) is 5.32 Å². The summed E-state index contributed by atoms with van der Waals surface area (Å²) in [7, 11) is -3.60. The summed E-state index contributed by atoms with van der Waals surface area (Å²) in [4.78, 5) is 12.3. The van der Waals surface area contributed by atoms with Crippen LogP contribution in [0.15, 0.2) is 70.3 Å². The number of rotatable bonds is 8. The van der Waals surface area contributed by atoms with E-state index in [1.807, 2.05) is 31.2 Å². The van der Waals surface area contributed by atoms with Gasteiger partial charge in [-0.1, -0.05) is 18.2 Å². The second-order valence-electron chi connectivity index (χ2n) is 5.87. The lowest BCUT2D eigenvalue weighted by molar-refractivity contribution is 0.0951. The molecule has 0 saturated carbocycles. The summed E-state index contributed by atoms with van der Waals surface area (Å²) in [5.41, 5.74) is 1.80. The molecule has 6 nitrogen and oxygen atoms in total. The van der Waals surface area contributed by atoms with Gasteiger partial charge in [-0.2, -0.15) is 0 Å². The number of carbonyl (C=O) groups is 1. The van der Waals surface area contributed by atoms with Crippen molar-refractivity contribution in [2.75, 3.05) is 11.3 Å². The van der Waals surface area contributed by atoms with E-state index in [1.54, 1.807) is 35.7 Å². The van der Waals surface area contributed by atoms with E-state index in [2.05, 4.69) is 10.0 Å². The van der Waals surface area contributed by atoms with Crippen molar-refractivity contribution < 1.29 is 17.9 Å². The molecule has 3 aromatic rings. The summed E-state index contributed by atoms with van der Waals surface area (Å²) in [5.74, 6) is 0.555. The van der Waals surface area contributed by atoms with Crippen molar-refractivity contribution in [3.05, 3.63) is 77.2 Å². The summed E-state index contributed by atoms with van der Waals surface area (Å²) in [6, 6.07) is 17.0. The second-order valence-corrected chi connectivity index (χ2v) is 8.73. The maximum absolute atomic E-state index is 12.3.